The van der Waals surface area contributed by atoms with E-state index in [0.29, 0.717) is 17.3 Å². The number of H-pyrrole nitrogens is 1. The van der Waals surface area contributed by atoms with Crippen LogP contribution in [0.4, 0.5) is 0 Å². The highest BCUT2D eigenvalue weighted by Gasteiger charge is 2.04. The third kappa shape index (κ3) is 2.00. The number of aromatic amines is 1. The molecule has 3 rings (SSSR count). The molecule has 0 aliphatic carbocycles. The highest BCUT2D eigenvalue weighted by Crippen LogP contribution is 2.21. The largest absolute Gasteiger partial charge is 0.438 e. The molecule has 0 spiro atoms. The van der Waals surface area contributed by atoms with E-state index >= 15 is 0 Å². The summed E-state index contributed by atoms with van der Waals surface area (Å²) in [4.78, 5) is 11.3. The first kappa shape index (κ1) is 11.0. The number of rotatable bonds is 2. The van der Waals surface area contributed by atoms with Crippen LogP contribution in [0.5, 0.6) is 11.6 Å². The van der Waals surface area contributed by atoms with Crippen LogP contribution in [0.3, 0.4) is 0 Å². The Morgan fingerprint density at radius 1 is 1.17 bits per heavy atom. The fourth-order valence-electron chi connectivity index (χ4n) is 1.46. The smallest absolute Gasteiger partial charge is 0.364 e. The lowest BCUT2D eigenvalue weighted by molar-refractivity contribution is 0.451. The molecule has 0 atom stereocenters. The molecular formula is C11H7BrN4O2. The summed E-state index contributed by atoms with van der Waals surface area (Å²) in [5.41, 5.74) is 0.0504. The summed E-state index contributed by atoms with van der Waals surface area (Å²) >= 11 is 3.34. The molecule has 0 radical (unpaired) electrons. The van der Waals surface area contributed by atoms with E-state index in [4.69, 9.17) is 4.74 Å². The molecule has 90 valence electrons. The van der Waals surface area contributed by atoms with Crippen LogP contribution in [0.25, 0.3) is 5.65 Å². The number of hydrogen-bond acceptors (Lipinski definition) is 4. The minimum Gasteiger partial charge on any atom is -0.438 e. The Hall–Kier alpha value is -2.15. The minimum atomic E-state index is -0.397. The van der Waals surface area contributed by atoms with Crippen LogP contribution in [0, 0.1) is 0 Å². The van der Waals surface area contributed by atoms with Gasteiger partial charge in [-0.15, -0.1) is 5.10 Å². The van der Waals surface area contributed by atoms with Gasteiger partial charge in [-0.05, 0) is 30.3 Å². The van der Waals surface area contributed by atoms with E-state index in [1.165, 1.54) is 0 Å². The monoisotopic (exact) mass is 306 g/mol. The molecule has 0 unspecified atom stereocenters. The van der Waals surface area contributed by atoms with E-state index in [2.05, 4.69) is 31.2 Å². The summed E-state index contributed by atoms with van der Waals surface area (Å²) in [5, 5.41) is 10.1. The van der Waals surface area contributed by atoms with Gasteiger partial charge >= 0.3 is 5.69 Å². The average molecular weight is 307 g/mol. The zero-order chi connectivity index (χ0) is 12.5. The van der Waals surface area contributed by atoms with Crippen LogP contribution in [0.1, 0.15) is 0 Å². The summed E-state index contributed by atoms with van der Waals surface area (Å²) in [6.07, 6.45) is 0. The summed E-state index contributed by atoms with van der Waals surface area (Å²) in [6, 6.07) is 10.6. The SMILES string of the molecule is O=c1[nH]nc2ccc(Oc3ccc(Br)cc3)nn12. The molecular weight excluding hydrogens is 300 g/mol. The van der Waals surface area contributed by atoms with Crippen molar-refractivity contribution in [3.63, 3.8) is 0 Å². The van der Waals surface area contributed by atoms with Crippen molar-refractivity contribution in [2.24, 2.45) is 0 Å². The fourth-order valence-corrected chi connectivity index (χ4v) is 1.73. The molecule has 18 heavy (non-hydrogen) atoms. The summed E-state index contributed by atoms with van der Waals surface area (Å²) < 4.78 is 7.64. The molecule has 0 saturated carbocycles. The molecule has 0 amide bonds. The maximum atomic E-state index is 11.3. The standard InChI is InChI=1S/C11H7BrN4O2/c12-7-1-3-8(4-2-7)18-10-6-5-9-13-14-11(17)16(9)15-10/h1-6H,(H,14,17). The number of fused-ring (bicyclic) bond motifs is 1. The van der Waals surface area contributed by atoms with Gasteiger partial charge in [0.15, 0.2) is 5.65 Å². The number of halogens is 1. The predicted octanol–water partition coefficient (Wildman–Crippen LogP) is 1.97. The molecule has 0 fully saturated rings. The lowest BCUT2D eigenvalue weighted by Crippen LogP contribution is -2.12. The fraction of sp³-hybridized carbons (Fsp3) is 0. The van der Waals surface area contributed by atoms with Crippen molar-refractivity contribution >= 4 is 21.6 Å². The first-order valence-electron chi connectivity index (χ1n) is 5.10. The first-order valence-corrected chi connectivity index (χ1v) is 5.89. The zero-order valence-corrected chi connectivity index (χ0v) is 10.6. The van der Waals surface area contributed by atoms with Crippen LogP contribution in [-0.2, 0) is 0 Å². The van der Waals surface area contributed by atoms with Crippen molar-refractivity contribution < 1.29 is 4.74 Å². The molecule has 1 N–H and O–H groups in total. The Kier molecular flexibility index (Phi) is 2.60. The van der Waals surface area contributed by atoms with Gasteiger partial charge in [-0.1, -0.05) is 15.9 Å². The lowest BCUT2D eigenvalue weighted by atomic mass is 10.3. The molecule has 2 aromatic heterocycles. The Bertz CT molecular complexity index is 748. The molecule has 3 aromatic rings. The van der Waals surface area contributed by atoms with E-state index in [-0.39, 0.29) is 0 Å². The third-order valence-electron chi connectivity index (χ3n) is 2.29. The third-order valence-corrected chi connectivity index (χ3v) is 2.81. The number of hydrogen-bond donors (Lipinski definition) is 1. The average Bonchev–Trinajstić information content (AvgIpc) is 2.74. The second-order valence-electron chi connectivity index (χ2n) is 3.53. The molecule has 0 saturated heterocycles. The van der Waals surface area contributed by atoms with Crippen LogP contribution >= 0.6 is 15.9 Å². The normalized spacial score (nSPS) is 10.7. The molecule has 0 aliphatic rings. The van der Waals surface area contributed by atoms with E-state index in [9.17, 15) is 4.79 Å². The Labute approximate surface area is 109 Å². The second kappa shape index (κ2) is 4.26. The Morgan fingerprint density at radius 2 is 1.94 bits per heavy atom. The number of nitrogens with one attached hydrogen (secondary N) is 1. The highest BCUT2D eigenvalue weighted by molar-refractivity contribution is 9.10. The number of ether oxygens (including phenoxy) is 1. The number of nitrogens with zero attached hydrogens (tertiary/aromatic N) is 3. The molecule has 0 aliphatic heterocycles. The first-order chi connectivity index (χ1) is 8.72. The second-order valence-corrected chi connectivity index (χ2v) is 4.44. The van der Waals surface area contributed by atoms with Crippen molar-refractivity contribution in [1.29, 1.82) is 0 Å². The molecule has 0 bridgehead atoms. The van der Waals surface area contributed by atoms with Crippen LogP contribution in [0.2, 0.25) is 0 Å². The molecule has 7 heteroatoms. The van der Waals surface area contributed by atoms with Crippen LogP contribution < -0.4 is 10.4 Å². The maximum absolute atomic E-state index is 11.3. The van der Waals surface area contributed by atoms with Crippen molar-refractivity contribution in [3.8, 4) is 11.6 Å². The van der Waals surface area contributed by atoms with Crippen molar-refractivity contribution in [2.75, 3.05) is 0 Å². The van der Waals surface area contributed by atoms with E-state index < -0.39 is 5.69 Å². The van der Waals surface area contributed by atoms with E-state index in [1.807, 2.05) is 12.1 Å². The van der Waals surface area contributed by atoms with Gasteiger partial charge in [-0.2, -0.15) is 9.61 Å². The van der Waals surface area contributed by atoms with Gasteiger partial charge in [0.25, 0.3) is 0 Å². The topological polar surface area (TPSA) is 72.3 Å². The predicted molar refractivity (Wildman–Crippen MR) is 67.8 cm³/mol. The van der Waals surface area contributed by atoms with Gasteiger partial charge in [0, 0.05) is 10.5 Å². The minimum absolute atomic E-state index is 0.327. The van der Waals surface area contributed by atoms with E-state index in [0.717, 1.165) is 8.99 Å². The quantitative estimate of drug-likeness (QED) is 0.785. The van der Waals surface area contributed by atoms with Crippen LogP contribution in [-0.4, -0.2) is 19.8 Å². The van der Waals surface area contributed by atoms with Gasteiger partial charge < -0.3 is 4.74 Å². The van der Waals surface area contributed by atoms with Gasteiger partial charge in [-0.25, -0.2) is 9.89 Å². The van der Waals surface area contributed by atoms with Crippen LogP contribution in [0.15, 0.2) is 45.7 Å². The summed E-state index contributed by atoms with van der Waals surface area (Å²) in [6.45, 7) is 0. The summed E-state index contributed by atoms with van der Waals surface area (Å²) in [7, 11) is 0. The Balaban J connectivity index is 1.97. The lowest BCUT2D eigenvalue weighted by Gasteiger charge is -2.04. The zero-order valence-electron chi connectivity index (χ0n) is 9.00. The molecule has 6 nitrogen and oxygen atoms in total. The summed E-state index contributed by atoms with van der Waals surface area (Å²) in [5.74, 6) is 0.968. The molecule has 1 aromatic carbocycles. The van der Waals surface area contributed by atoms with E-state index in [1.54, 1.807) is 24.3 Å². The van der Waals surface area contributed by atoms with Gasteiger partial charge in [0.05, 0.1) is 0 Å². The van der Waals surface area contributed by atoms with Crippen molar-refractivity contribution in [1.82, 2.24) is 19.8 Å². The van der Waals surface area contributed by atoms with Gasteiger partial charge in [0.2, 0.25) is 5.88 Å². The maximum Gasteiger partial charge on any atom is 0.364 e. The van der Waals surface area contributed by atoms with Crippen molar-refractivity contribution in [2.45, 2.75) is 0 Å². The van der Waals surface area contributed by atoms with Gasteiger partial charge in [0.1, 0.15) is 5.75 Å². The molecule has 2 heterocycles. The number of benzene rings is 1. The van der Waals surface area contributed by atoms with Gasteiger partial charge in [-0.3, -0.25) is 0 Å². The highest BCUT2D eigenvalue weighted by atomic mass is 79.9. The van der Waals surface area contributed by atoms with Crippen molar-refractivity contribution in [3.05, 3.63) is 51.4 Å². The Morgan fingerprint density at radius 3 is 2.72 bits per heavy atom. The number of aromatic nitrogens is 4.